The maximum absolute atomic E-state index is 13.3. The second kappa shape index (κ2) is 9.73. The summed E-state index contributed by atoms with van der Waals surface area (Å²) in [6, 6.07) is 14.9. The average molecular weight is 438 g/mol. The fraction of sp³-hybridized carbons (Fsp3) is 0.273. The number of halogens is 1. The van der Waals surface area contributed by atoms with Crippen LogP contribution in [-0.4, -0.2) is 39.1 Å². The number of hydrogen-bond acceptors (Lipinski definition) is 6. The molecule has 0 spiro atoms. The van der Waals surface area contributed by atoms with Gasteiger partial charge in [-0.05, 0) is 55.3 Å². The number of anilines is 1. The zero-order valence-electron chi connectivity index (χ0n) is 16.6. The van der Waals surface area contributed by atoms with Crippen LogP contribution in [0.4, 0.5) is 10.1 Å². The summed E-state index contributed by atoms with van der Waals surface area (Å²) < 4.78 is 21.0. The van der Waals surface area contributed by atoms with E-state index in [0.717, 1.165) is 25.0 Å². The van der Waals surface area contributed by atoms with Crippen LogP contribution in [0, 0.1) is 17.1 Å². The van der Waals surface area contributed by atoms with Gasteiger partial charge >= 0.3 is 0 Å². The number of carbonyl (C=O) groups is 1. The Morgan fingerprint density at radius 3 is 2.87 bits per heavy atom. The van der Waals surface area contributed by atoms with Crippen molar-refractivity contribution in [2.75, 3.05) is 17.7 Å². The second-order valence-corrected chi connectivity index (χ2v) is 8.03. The molecule has 1 aromatic heterocycles. The van der Waals surface area contributed by atoms with E-state index in [1.165, 1.54) is 23.9 Å². The Bertz CT molecular complexity index is 1100. The van der Waals surface area contributed by atoms with Crippen molar-refractivity contribution in [3.05, 3.63) is 59.9 Å². The quantitative estimate of drug-likeness (QED) is 0.564. The number of ether oxygens (including phenoxy) is 1. The van der Waals surface area contributed by atoms with Crippen molar-refractivity contribution < 1.29 is 13.9 Å². The van der Waals surface area contributed by atoms with Gasteiger partial charge in [0.05, 0.1) is 30.0 Å². The molecule has 0 bridgehead atoms. The first-order valence-corrected chi connectivity index (χ1v) is 10.8. The first-order chi connectivity index (χ1) is 15.1. The van der Waals surface area contributed by atoms with Gasteiger partial charge in [0.25, 0.3) is 0 Å². The molecule has 7 nitrogen and oxygen atoms in total. The minimum Gasteiger partial charge on any atom is -0.376 e. The standard InChI is InChI=1S/C22H20FN5O2S/c23-17-8-6-16(7-9-17)21-26-27-22(28(21)13-19-5-2-10-30-19)31-14-20(29)25-18-4-1-3-15(11-18)12-24/h1,3-4,6-9,11,19H,2,5,10,13-14H2,(H,25,29). The van der Waals surface area contributed by atoms with Crippen molar-refractivity contribution >= 4 is 23.4 Å². The van der Waals surface area contributed by atoms with E-state index in [4.69, 9.17) is 10.00 Å². The molecule has 1 amide bonds. The Kier molecular flexibility index (Phi) is 6.60. The summed E-state index contributed by atoms with van der Waals surface area (Å²) in [4.78, 5) is 12.4. The molecular weight excluding hydrogens is 417 g/mol. The smallest absolute Gasteiger partial charge is 0.234 e. The van der Waals surface area contributed by atoms with Gasteiger partial charge < -0.3 is 10.1 Å². The number of hydrogen-bond donors (Lipinski definition) is 1. The van der Waals surface area contributed by atoms with Gasteiger partial charge in [0.2, 0.25) is 5.91 Å². The summed E-state index contributed by atoms with van der Waals surface area (Å²) in [7, 11) is 0. The third-order valence-electron chi connectivity index (χ3n) is 4.84. The summed E-state index contributed by atoms with van der Waals surface area (Å²) in [5.74, 6) is 0.208. The van der Waals surface area contributed by atoms with Crippen molar-refractivity contribution in [3.8, 4) is 17.5 Å². The summed E-state index contributed by atoms with van der Waals surface area (Å²) >= 11 is 1.27. The summed E-state index contributed by atoms with van der Waals surface area (Å²) in [5.41, 5.74) is 1.79. The number of nitriles is 1. The molecule has 3 aromatic rings. The monoisotopic (exact) mass is 437 g/mol. The van der Waals surface area contributed by atoms with E-state index in [-0.39, 0.29) is 23.6 Å². The van der Waals surface area contributed by atoms with Crippen LogP contribution in [0.1, 0.15) is 18.4 Å². The van der Waals surface area contributed by atoms with Crippen LogP contribution < -0.4 is 5.32 Å². The fourth-order valence-corrected chi connectivity index (χ4v) is 4.11. The summed E-state index contributed by atoms with van der Waals surface area (Å²) in [5, 5.41) is 20.9. The summed E-state index contributed by atoms with van der Waals surface area (Å²) in [6.45, 7) is 1.29. The molecule has 1 aliphatic rings. The lowest BCUT2D eigenvalue weighted by Gasteiger charge is -2.14. The lowest BCUT2D eigenvalue weighted by Crippen LogP contribution is -2.18. The number of rotatable bonds is 7. The molecule has 2 aromatic carbocycles. The molecule has 1 atom stereocenters. The van der Waals surface area contributed by atoms with Gasteiger partial charge in [-0.1, -0.05) is 17.8 Å². The van der Waals surface area contributed by atoms with Crippen molar-refractivity contribution in [3.63, 3.8) is 0 Å². The predicted octanol–water partition coefficient (Wildman–Crippen LogP) is 3.87. The average Bonchev–Trinajstić information content (AvgIpc) is 3.43. The Balaban J connectivity index is 1.49. The van der Waals surface area contributed by atoms with Crippen LogP contribution in [0.15, 0.2) is 53.7 Å². The Hall–Kier alpha value is -3.22. The normalized spacial score (nSPS) is 15.5. The highest BCUT2D eigenvalue weighted by atomic mass is 32.2. The predicted molar refractivity (Wildman–Crippen MR) is 115 cm³/mol. The molecule has 2 heterocycles. The zero-order valence-corrected chi connectivity index (χ0v) is 17.4. The first kappa shape index (κ1) is 21.0. The third kappa shape index (κ3) is 5.29. The molecule has 0 aliphatic carbocycles. The van der Waals surface area contributed by atoms with E-state index in [2.05, 4.69) is 15.5 Å². The Morgan fingerprint density at radius 2 is 2.13 bits per heavy atom. The molecule has 158 valence electrons. The van der Waals surface area contributed by atoms with Gasteiger partial charge in [-0.3, -0.25) is 9.36 Å². The molecule has 4 rings (SSSR count). The number of thioether (sulfide) groups is 1. The van der Waals surface area contributed by atoms with Gasteiger partial charge in [-0.2, -0.15) is 5.26 Å². The highest BCUT2D eigenvalue weighted by Crippen LogP contribution is 2.27. The molecular formula is C22H20FN5O2S. The van der Waals surface area contributed by atoms with Gasteiger partial charge in [0.15, 0.2) is 11.0 Å². The van der Waals surface area contributed by atoms with Crippen LogP contribution in [0.2, 0.25) is 0 Å². The van der Waals surface area contributed by atoms with Crippen LogP contribution in [-0.2, 0) is 16.1 Å². The number of nitrogens with one attached hydrogen (secondary N) is 1. The van der Waals surface area contributed by atoms with E-state index < -0.39 is 0 Å². The largest absolute Gasteiger partial charge is 0.376 e. The molecule has 31 heavy (non-hydrogen) atoms. The van der Waals surface area contributed by atoms with Gasteiger partial charge in [-0.15, -0.1) is 10.2 Å². The highest BCUT2D eigenvalue weighted by Gasteiger charge is 2.22. The first-order valence-electron chi connectivity index (χ1n) is 9.86. The topological polar surface area (TPSA) is 92.8 Å². The lowest BCUT2D eigenvalue weighted by molar-refractivity contribution is -0.113. The molecule has 9 heteroatoms. The number of carbonyl (C=O) groups excluding carboxylic acids is 1. The van der Waals surface area contributed by atoms with E-state index in [1.54, 1.807) is 36.4 Å². The van der Waals surface area contributed by atoms with Crippen molar-refractivity contribution in [2.24, 2.45) is 0 Å². The number of aromatic nitrogens is 3. The number of benzene rings is 2. The maximum Gasteiger partial charge on any atom is 0.234 e. The van der Waals surface area contributed by atoms with Crippen LogP contribution >= 0.6 is 11.8 Å². The summed E-state index contributed by atoms with van der Waals surface area (Å²) in [6.07, 6.45) is 2.00. The second-order valence-electron chi connectivity index (χ2n) is 7.09. The van der Waals surface area contributed by atoms with E-state index in [9.17, 15) is 9.18 Å². The van der Waals surface area contributed by atoms with Crippen molar-refractivity contribution in [1.82, 2.24) is 14.8 Å². The molecule has 1 saturated heterocycles. The minimum absolute atomic E-state index is 0.0529. The van der Waals surface area contributed by atoms with Gasteiger partial charge in [0, 0.05) is 17.9 Å². The van der Waals surface area contributed by atoms with Gasteiger partial charge in [-0.25, -0.2) is 4.39 Å². The number of amides is 1. The van der Waals surface area contributed by atoms with E-state index >= 15 is 0 Å². The third-order valence-corrected chi connectivity index (χ3v) is 5.80. The van der Waals surface area contributed by atoms with Crippen molar-refractivity contribution in [2.45, 2.75) is 30.6 Å². The zero-order chi connectivity index (χ0) is 21.6. The molecule has 1 aliphatic heterocycles. The minimum atomic E-state index is -0.319. The fourth-order valence-electron chi connectivity index (χ4n) is 3.36. The maximum atomic E-state index is 13.3. The number of nitrogens with zero attached hydrogens (tertiary/aromatic N) is 4. The van der Waals surface area contributed by atoms with E-state index in [0.29, 0.717) is 28.8 Å². The SMILES string of the molecule is N#Cc1cccc(NC(=O)CSc2nnc(-c3ccc(F)cc3)n2CC2CCCO2)c1. The van der Waals surface area contributed by atoms with Crippen LogP contribution in [0.25, 0.3) is 11.4 Å². The molecule has 0 radical (unpaired) electrons. The lowest BCUT2D eigenvalue weighted by atomic mass is 10.2. The van der Waals surface area contributed by atoms with Crippen LogP contribution in [0.5, 0.6) is 0 Å². The molecule has 1 unspecified atom stereocenters. The van der Waals surface area contributed by atoms with Crippen LogP contribution in [0.3, 0.4) is 0 Å². The molecule has 0 saturated carbocycles. The van der Waals surface area contributed by atoms with Crippen molar-refractivity contribution in [1.29, 1.82) is 5.26 Å². The molecule has 1 N–H and O–H groups in total. The Morgan fingerprint density at radius 1 is 1.29 bits per heavy atom. The van der Waals surface area contributed by atoms with E-state index in [1.807, 2.05) is 10.6 Å². The van der Waals surface area contributed by atoms with Gasteiger partial charge in [0.1, 0.15) is 5.82 Å². The highest BCUT2D eigenvalue weighted by molar-refractivity contribution is 7.99. The molecule has 1 fully saturated rings. The Labute approximate surface area is 183 Å².